The molecule has 2 aliphatic rings. The van der Waals surface area contributed by atoms with Gasteiger partial charge in [-0.15, -0.1) is 10.2 Å². The van der Waals surface area contributed by atoms with Gasteiger partial charge < -0.3 is 19.5 Å². The molecule has 174 valence electrons. The quantitative estimate of drug-likeness (QED) is 0.620. The minimum atomic E-state index is -5.07. The molecule has 4 heterocycles. The molecule has 2 atom stereocenters. The Kier molecular flexibility index (Phi) is 6.05. The van der Waals surface area contributed by atoms with Crippen molar-refractivity contribution >= 4 is 28.5 Å². The molecule has 32 heavy (non-hydrogen) atoms. The molecule has 4 rings (SSSR count). The number of aromatic nitrogens is 5. The molecule has 0 spiro atoms. The Morgan fingerprint density at radius 2 is 2.09 bits per heavy atom. The van der Waals surface area contributed by atoms with Crippen molar-refractivity contribution in [3.63, 3.8) is 0 Å². The van der Waals surface area contributed by atoms with Gasteiger partial charge in [0.25, 0.3) is 0 Å². The minimum absolute atomic E-state index is 0.200. The van der Waals surface area contributed by atoms with Crippen LogP contribution in [0, 0.1) is 5.92 Å². The Balaban J connectivity index is 1.59. The van der Waals surface area contributed by atoms with E-state index < -0.39 is 35.6 Å². The standard InChI is InChI=1S/C18H22F3N7O3S/c1-10(2)12(8-31-16(29)18(19,20)21)23-15-14-11(3-6-32(14)30)24-17(25-15)27-4-5-28-9-22-26-13(28)7-27/h9-10,12H,3-8H2,1-2H3,(H,23,24,25)/t12-,32?/m0/s1. The van der Waals surface area contributed by atoms with Gasteiger partial charge in [-0.1, -0.05) is 13.8 Å². The van der Waals surface area contributed by atoms with E-state index in [1.807, 2.05) is 9.47 Å². The number of esters is 1. The zero-order valence-electron chi connectivity index (χ0n) is 17.4. The molecular weight excluding hydrogens is 451 g/mol. The van der Waals surface area contributed by atoms with Gasteiger partial charge in [0.1, 0.15) is 23.6 Å². The second kappa shape index (κ2) is 8.64. The van der Waals surface area contributed by atoms with Gasteiger partial charge in [0.05, 0.1) is 29.1 Å². The lowest BCUT2D eigenvalue weighted by atomic mass is 10.1. The van der Waals surface area contributed by atoms with Gasteiger partial charge in [-0.2, -0.15) is 18.2 Å². The highest BCUT2D eigenvalue weighted by Gasteiger charge is 2.41. The van der Waals surface area contributed by atoms with Gasteiger partial charge in [-0.25, -0.2) is 9.78 Å². The highest BCUT2D eigenvalue weighted by Crippen LogP contribution is 2.31. The predicted molar refractivity (Wildman–Crippen MR) is 107 cm³/mol. The molecule has 0 saturated heterocycles. The van der Waals surface area contributed by atoms with Crippen molar-refractivity contribution in [2.24, 2.45) is 5.92 Å². The van der Waals surface area contributed by atoms with Crippen molar-refractivity contribution in [2.75, 3.05) is 29.1 Å². The molecule has 14 heteroatoms. The van der Waals surface area contributed by atoms with E-state index in [0.717, 1.165) is 5.82 Å². The average molecular weight is 473 g/mol. The number of hydrogen-bond donors (Lipinski definition) is 1. The number of hydrogen-bond acceptors (Lipinski definition) is 9. The number of carbonyl (C=O) groups excluding carboxylic acids is 1. The number of ether oxygens (including phenoxy) is 1. The maximum atomic E-state index is 12.6. The number of fused-ring (bicyclic) bond motifs is 2. The van der Waals surface area contributed by atoms with Crippen molar-refractivity contribution in [2.45, 2.75) is 50.5 Å². The molecular formula is C18H22F3N7O3S. The molecule has 0 amide bonds. The van der Waals surface area contributed by atoms with Crippen LogP contribution in [0.4, 0.5) is 24.9 Å². The first kappa shape index (κ1) is 22.4. The third-order valence-corrected chi connectivity index (χ3v) is 6.81. The van der Waals surface area contributed by atoms with E-state index in [9.17, 15) is 22.2 Å². The van der Waals surface area contributed by atoms with Gasteiger partial charge in [0, 0.05) is 25.3 Å². The lowest BCUT2D eigenvalue weighted by molar-refractivity contribution is -0.200. The van der Waals surface area contributed by atoms with Gasteiger partial charge in [-0.05, 0) is 5.92 Å². The number of rotatable bonds is 6. The van der Waals surface area contributed by atoms with Crippen LogP contribution in [0.3, 0.4) is 0 Å². The maximum Gasteiger partial charge on any atom is 0.490 e. The molecule has 0 aromatic carbocycles. The van der Waals surface area contributed by atoms with E-state index in [4.69, 9.17) is 0 Å². The average Bonchev–Trinajstić information content (AvgIpc) is 3.35. The summed E-state index contributed by atoms with van der Waals surface area (Å²) in [5, 5.41) is 11.0. The van der Waals surface area contributed by atoms with Crippen molar-refractivity contribution in [3.8, 4) is 0 Å². The number of nitrogens with one attached hydrogen (secondary N) is 1. The van der Waals surface area contributed by atoms with Crippen LogP contribution in [0.5, 0.6) is 0 Å². The van der Waals surface area contributed by atoms with Crippen LogP contribution >= 0.6 is 0 Å². The second-order valence-corrected chi connectivity index (χ2v) is 9.41. The molecule has 1 N–H and O–H groups in total. The van der Waals surface area contributed by atoms with Gasteiger partial charge in [-0.3, -0.25) is 4.21 Å². The number of nitrogens with zero attached hydrogens (tertiary/aromatic N) is 6. The Morgan fingerprint density at radius 1 is 1.31 bits per heavy atom. The minimum Gasteiger partial charge on any atom is -0.457 e. The fourth-order valence-corrected chi connectivity index (χ4v) is 4.80. The molecule has 10 nitrogen and oxygen atoms in total. The summed E-state index contributed by atoms with van der Waals surface area (Å²) in [4.78, 5) is 22.7. The van der Waals surface area contributed by atoms with Crippen LogP contribution in [0.2, 0.25) is 0 Å². The fourth-order valence-electron chi connectivity index (χ4n) is 3.48. The summed E-state index contributed by atoms with van der Waals surface area (Å²) in [6.45, 7) is 4.75. The lowest BCUT2D eigenvalue weighted by Gasteiger charge is -2.29. The molecule has 0 saturated carbocycles. The number of alkyl halides is 3. The molecule has 2 aromatic heterocycles. The van der Waals surface area contributed by atoms with E-state index >= 15 is 0 Å². The normalized spacial score (nSPS) is 18.9. The van der Waals surface area contributed by atoms with E-state index in [1.165, 1.54) is 0 Å². The summed E-state index contributed by atoms with van der Waals surface area (Å²) in [5.74, 6) is -0.597. The monoisotopic (exact) mass is 473 g/mol. The van der Waals surface area contributed by atoms with Gasteiger partial charge in [0.15, 0.2) is 5.82 Å². The lowest BCUT2D eigenvalue weighted by Crippen LogP contribution is -2.37. The number of anilines is 2. The maximum absolute atomic E-state index is 12.6. The first-order valence-corrected chi connectivity index (χ1v) is 11.4. The predicted octanol–water partition coefficient (Wildman–Crippen LogP) is 1.29. The Bertz CT molecular complexity index is 1040. The van der Waals surface area contributed by atoms with Crippen molar-refractivity contribution < 1.29 is 26.9 Å². The fraction of sp³-hybridized carbons (Fsp3) is 0.611. The molecule has 0 radical (unpaired) electrons. The van der Waals surface area contributed by atoms with Crippen molar-refractivity contribution in [3.05, 3.63) is 17.8 Å². The van der Waals surface area contributed by atoms with Crippen LogP contribution < -0.4 is 10.2 Å². The summed E-state index contributed by atoms with van der Waals surface area (Å²) in [7, 11) is -1.33. The van der Waals surface area contributed by atoms with Crippen LogP contribution in [0.1, 0.15) is 25.4 Å². The van der Waals surface area contributed by atoms with Crippen LogP contribution in [0.15, 0.2) is 11.2 Å². The second-order valence-electron chi connectivity index (χ2n) is 7.90. The zero-order chi connectivity index (χ0) is 23.0. The molecule has 2 aliphatic heterocycles. The van der Waals surface area contributed by atoms with Crippen LogP contribution in [-0.4, -0.2) is 66.0 Å². The molecule has 0 fully saturated rings. The topological polar surface area (TPSA) is 115 Å². The Hall–Kier alpha value is -2.77. The number of halogens is 3. The summed E-state index contributed by atoms with van der Waals surface area (Å²) in [6.07, 6.45) is -2.91. The summed E-state index contributed by atoms with van der Waals surface area (Å²) in [6, 6.07) is -0.671. The third kappa shape index (κ3) is 4.54. The zero-order valence-corrected chi connectivity index (χ0v) is 18.2. The summed E-state index contributed by atoms with van der Waals surface area (Å²) >= 11 is 0. The highest BCUT2D eigenvalue weighted by atomic mass is 32.2. The van der Waals surface area contributed by atoms with Gasteiger partial charge in [0.2, 0.25) is 5.95 Å². The number of carbonyl (C=O) groups is 1. The molecule has 0 aliphatic carbocycles. The Labute approximate surface area is 184 Å². The first-order chi connectivity index (χ1) is 15.1. The molecule has 1 unspecified atom stereocenters. The smallest absolute Gasteiger partial charge is 0.457 e. The third-order valence-electron chi connectivity index (χ3n) is 5.35. The van der Waals surface area contributed by atoms with E-state index in [-0.39, 0.29) is 11.7 Å². The number of aryl methyl sites for hydroxylation is 1. The molecule has 2 aromatic rings. The van der Waals surface area contributed by atoms with E-state index in [1.54, 1.807) is 20.2 Å². The summed E-state index contributed by atoms with van der Waals surface area (Å²) in [5.41, 5.74) is 0.637. The van der Waals surface area contributed by atoms with Crippen molar-refractivity contribution in [1.82, 2.24) is 24.7 Å². The van der Waals surface area contributed by atoms with E-state index in [2.05, 4.69) is 30.2 Å². The van der Waals surface area contributed by atoms with Crippen LogP contribution in [0.25, 0.3) is 0 Å². The highest BCUT2D eigenvalue weighted by molar-refractivity contribution is 7.85. The Morgan fingerprint density at radius 3 is 2.81 bits per heavy atom. The van der Waals surface area contributed by atoms with Crippen LogP contribution in [-0.2, 0) is 39.8 Å². The SMILES string of the molecule is CC(C)[C@H](COC(=O)C(F)(F)F)Nc1nc(N2CCn3cnnc3C2)nc2c1S(=O)CC2. The summed E-state index contributed by atoms with van der Waals surface area (Å²) < 4.78 is 56.5. The molecule has 0 bridgehead atoms. The first-order valence-electron chi connectivity index (χ1n) is 10.0. The van der Waals surface area contributed by atoms with Crippen molar-refractivity contribution in [1.29, 1.82) is 0 Å². The van der Waals surface area contributed by atoms with E-state index in [0.29, 0.717) is 48.3 Å². The largest absolute Gasteiger partial charge is 0.490 e. The van der Waals surface area contributed by atoms with Gasteiger partial charge >= 0.3 is 12.1 Å².